The molecule has 134 valence electrons. The molecule has 0 bridgehead atoms. The van der Waals surface area contributed by atoms with Gasteiger partial charge in [0.15, 0.2) is 0 Å². The van der Waals surface area contributed by atoms with Gasteiger partial charge in [-0.05, 0) is 29.7 Å². The molecule has 1 aliphatic heterocycles. The van der Waals surface area contributed by atoms with Crippen LogP contribution in [0.5, 0.6) is 5.75 Å². The first-order chi connectivity index (χ1) is 12.1. The summed E-state index contributed by atoms with van der Waals surface area (Å²) in [6.07, 6.45) is 1.96. The number of aryl methyl sites for hydroxylation is 1. The van der Waals surface area contributed by atoms with Crippen molar-refractivity contribution in [1.82, 2.24) is 4.90 Å². The summed E-state index contributed by atoms with van der Waals surface area (Å²) in [7, 11) is 0. The molecule has 0 spiro atoms. The highest BCUT2D eigenvalue weighted by molar-refractivity contribution is 5.89. The molecule has 25 heavy (non-hydrogen) atoms. The van der Waals surface area contributed by atoms with Crippen LogP contribution in [0.2, 0.25) is 0 Å². The van der Waals surface area contributed by atoms with Crippen LogP contribution >= 0.6 is 0 Å². The number of rotatable bonds is 4. The number of carbonyl (C=O) groups excluding carboxylic acids is 1. The lowest BCUT2D eigenvalue weighted by Gasteiger charge is -2.26. The molecule has 1 unspecified atom stereocenters. The van der Waals surface area contributed by atoms with Gasteiger partial charge in [-0.1, -0.05) is 50.2 Å². The van der Waals surface area contributed by atoms with E-state index in [-0.39, 0.29) is 12.0 Å². The maximum atomic E-state index is 12.7. The minimum Gasteiger partial charge on any atom is -0.507 e. The van der Waals surface area contributed by atoms with Gasteiger partial charge in [0.2, 0.25) is 5.91 Å². The highest BCUT2D eigenvalue weighted by atomic mass is 16.5. The largest absolute Gasteiger partial charge is 0.507 e. The number of hydrogen-bond donors (Lipinski definition) is 1. The molecule has 2 aromatic rings. The van der Waals surface area contributed by atoms with Gasteiger partial charge >= 0.3 is 0 Å². The molecule has 0 saturated carbocycles. The molecule has 4 heteroatoms. The second-order valence-corrected chi connectivity index (χ2v) is 7.14. The van der Waals surface area contributed by atoms with Crippen LogP contribution in [0, 0.1) is 5.92 Å². The standard InChI is InChI=1S/C21H27NO3/c1-15(2)19-14-22(12-5-13-25-19)20(23)11-10-17-9-8-16-6-3-4-7-18(16)21(17)24/h3-4,6-9,15,19,24H,5,10-14H2,1-2H3. The van der Waals surface area contributed by atoms with Gasteiger partial charge in [-0.15, -0.1) is 0 Å². The maximum Gasteiger partial charge on any atom is 0.222 e. The summed E-state index contributed by atoms with van der Waals surface area (Å²) in [6, 6.07) is 11.7. The summed E-state index contributed by atoms with van der Waals surface area (Å²) in [5.74, 6) is 0.840. The molecule has 2 aromatic carbocycles. The Kier molecular flexibility index (Phi) is 5.59. The van der Waals surface area contributed by atoms with Crippen LogP contribution in [0.25, 0.3) is 10.8 Å². The Morgan fingerprint density at radius 2 is 2.08 bits per heavy atom. The number of nitrogens with zero attached hydrogens (tertiary/aromatic N) is 1. The van der Waals surface area contributed by atoms with Crippen LogP contribution in [0.4, 0.5) is 0 Å². The fourth-order valence-corrected chi connectivity index (χ4v) is 3.38. The van der Waals surface area contributed by atoms with E-state index in [1.165, 1.54) is 0 Å². The molecule has 0 aromatic heterocycles. The van der Waals surface area contributed by atoms with E-state index in [9.17, 15) is 9.90 Å². The smallest absolute Gasteiger partial charge is 0.222 e. The Labute approximate surface area is 149 Å². The normalized spacial score (nSPS) is 18.5. The molecule has 0 radical (unpaired) electrons. The van der Waals surface area contributed by atoms with E-state index in [0.29, 0.717) is 31.1 Å². The zero-order valence-electron chi connectivity index (χ0n) is 15.1. The third-order valence-electron chi connectivity index (χ3n) is 4.99. The summed E-state index contributed by atoms with van der Waals surface area (Å²) in [5, 5.41) is 12.3. The Bertz CT molecular complexity index is 741. The van der Waals surface area contributed by atoms with E-state index in [1.807, 2.05) is 41.3 Å². The van der Waals surface area contributed by atoms with Crippen molar-refractivity contribution in [2.45, 2.75) is 39.2 Å². The predicted molar refractivity (Wildman–Crippen MR) is 99.7 cm³/mol. The van der Waals surface area contributed by atoms with E-state index >= 15 is 0 Å². The molecular weight excluding hydrogens is 314 g/mol. The monoisotopic (exact) mass is 341 g/mol. The molecule has 3 rings (SSSR count). The second-order valence-electron chi connectivity index (χ2n) is 7.14. The van der Waals surface area contributed by atoms with Crippen molar-refractivity contribution in [2.24, 2.45) is 5.92 Å². The maximum absolute atomic E-state index is 12.7. The first-order valence-electron chi connectivity index (χ1n) is 9.15. The summed E-state index contributed by atoms with van der Waals surface area (Å²) < 4.78 is 5.84. The fraction of sp³-hybridized carbons (Fsp3) is 0.476. The van der Waals surface area contributed by atoms with E-state index in [4.69, 9.17) is 4.74 Å². The Balaban J connectivity index is 1.66. The molecule has 1 heterocycles. The molecular formula is C21H27NO3. The first kappa shape index (κ1) is 17.7. The molecule has 4 nitrogen and oxygen atoms in total. The lowest BCUT2D eigenvalue weighted by atomic mass is 10.0. The number of phenols is 1. The summed E-state index contributed by atoms with van der Waals surface area (Å²) in [6.45, 7) is 6.40. The molecule has 1 atom stereocenters. The average Bonchev–Trinajstić information content (AvgIpc) is 2.87. The van der Waals surface area contributed by atoms with Gasteiger partial charge in [0.1, 0.15) is 5.75 Å². The van der Waals surface area contributed by atoms with Crippen molar-refractivity contribution in [3.8, 4) is 5.75 Å². The minimum absolute atomic E-state index is 0.112. The number of phenolic OH excluding ortho intramolecular Hbond substituents is 1. The lowest BCUT2D eigenvalue weighted by molar-refractivity contribution is -0.132. The number of benzene rings is 2. The molecule has 1 saturated heterocycles. The van der Waals surface area contributed by atoms with Gasteiger partial charge in [0, 0.05) is 31.5 Å². The van der Waals surface area contributed by atoms with Crippen LogP contribution in [-0.4, -0.2) is 41.7 Å². The Morgan fingerprint density at radius 3 is 2.88 bits per heavy atom. The topological polar surface area (TPSA) is 49.8 Å². The van der Waals surface area contributed by atoms with Crippen LogP contribution in [-0.2, 0) is 16.0 Å². The number of carbonyl (C=O) groups is 1. The predicted octanol–water partition coefficient (Wildman–Crippen LogP) is 3.75. The van der Waals surface area contributed by atoms with Crippen LogP contribution in [0.1, 0.15) is 32.3 Å². The van der Waals surface area contributed by atoms with Gasteiger partial charge in [0.25, 0.3) is 0 Å². The molecule has 0 aliphatic carbocycles. The van der Waals surface area contributed by atoms with Crippen molar-refractivity contribution in [3.05, 3.63) is 42.0 Å². The molecule has 1 amide bonds. The van der Waals surface area contributed by atoms with Crippen molar-refractivity contribution >= 4 is 16.7 Å². The number of fused-ring (bicyclic) bond motifs is 1. The van der Waals surface area contributed by atoms with Crippen molar-refractivity contribution in [1.29, 1.82) is 0 Å². The number of aromatic hydroxyl groups is 1. The van der Waals surface area contributed by atoms with Crippen molar-refractivity contribution in [3.63, 3.8) is 0 Å². The summed E-state index contributed by atoms with van der Waals surface area (Å²) in [5.41, 5.74) is 0.832. The van der Waals surface area contributed by atoms with Crippen molar-refractivity contribution in [2.75, 3.05) is 19.7 Å². The number of amides is 1. The minimum atomic E-state index is 0.112. The van der Waals surface area contributed by atoms with E-state index in [1.54, 1.807) is 0 Å². The highest BCUT2D eigenvalue weighted by Crippen LogP contribution is 2.29. The van der Waals surface area contributed by atoms with Gasteiger partial charge in [-0.25, -0.2) is 0 Å². The van der Waals surface area contributed by atoms with E-state index < -0.39 is 0 Å². The van der Waals surface area contributed by atoms with E-state index in [2.05, 4.69) is 13.8 Å². The Hall–Kier alpha value is -2.07. The highest BCUT2D eigenvalue weighted by Gasteiger charge is 2.24. The average molecular weight is 341 g/mol. The zero-order chi connectivity index (χ0) is 17.8. The second kappa shape index (κ2) is 7.87. The van der Waals surface area contributed by atoms with E-state index in [0.717, 1.165) is 35.9 Å². The van der Waals surface area contributed by atoms with Crippen LogP contribution in [0.15, 0.2) is 36.4 Å². The summed E-state index contributed by atoms with van der Waals surface area (Å²) in [4.78, 5) is 14.6. The van der Waals surface area contributed by atoms with Gasteiger partial charge in [-0.2, -0.15) is 0 Å². The lowest BCUT2D eigenvalue weighted by Crippen LogP contribution is -2.38. The Morgan fingerprint density at radius 1 is 1.28 bits per heavy atom. The fourth-order valence-electron chi connectivity index (χ4n) is 3.38. The molecule has 1 N–H and O–H groups in total. The number of hydrogen-bond acceptors (Lipinski definition) is 3. The third-order valence-corrected chi connectivity index (χ3v) is 4.99. The quantitative estimate of drug-likeness (QED) is 0.921. The SMILES string of the molecule is CC(C)C1CN(C(=O)CCc2ccc3ccccc3c2O)CCCO1. The van der Waals surface area contributed by atoms with Gasteiger partial charge in [0.05, 0.1) is 6.10 Å². The summed E-state index contributed by atoms with van der Waals surface area (Å²) >= 11 is 0. The molecule has 1 aliphatic rings. The van der Waals surface area contributed by atoms with Gasteiger partial charge < -0.3 is 14.7 Å². The first-order valence-corrected chi connectivity index (χ1v) is 9.15. The molecule has 1 fully saturated rings. The third kappa shape index (κ3) is 4.13. The number of ether oxygens (including phenoxy) is 1. The van der Waals surface area contributed by atoms with Crippen LogP contribution in [0.3, 0.4) is 0 Å². The van der Waals surface area contributed by atoms with Crippen LogP contribution < -0.4 is 0 Å². The van der Waals surface area contributed by atoms with Gasteiger partial charge in [-0.3, -0.25) is 4.79 Å². The zero-order valence-corrected chi connectivity index (χ0v) is 15.1. The van der Waals surface area contributed by atoms with Crippen molar-refractivity contribution < 1.29 is 14.6 Å².